The van der Waals surface area contributed by atoms with E-state index >= 15 is 0 Å². The number of nitrogens with two attached hydrogens (primary N) is 1. The molecule has 3 amide bonds. The van der Waals surface area contributed by atoms with Gasteiger partial charge in [0.25, 0.3) is 0 Å². The molecule has 4 aromatic carbocycles. The maximum Gasteiger partial charge on any atom is 0.247 e. The van der Waals surface area contributed by atoms with Crippen molar-refractivity contribution in [3.8, 4) is 0 Å². The first-order valence-corrected chi connectivity index (χ1v) is 19.7. The lowest BCUT2D eigenvalue weighted by molar-refractivity contribution is -0.253. The van der Waals surface area contributed by atoms with Gasteiger partial charge in [0.2, 0.25) is 17.7 Å². The molecule has 12 nitrogen and oxygen atoms in total. The van der Waals surface area contributed by atoms with Crippen LogP contribution in [0.5, 0.6) is 0 Å². The molecule has 0 saturated carbocycles. The molecule has 3 fully saturated rings. The van der Waals surface area contributed by atoms with E-state index in [9.17, 15) is 19.5 Å². The smallest absolute Gasteiger partial charge is 0.247 e. The zero-order chi connectivity index (χ0) is 38.9. The van der Waals surface area contributed by atoms with E-state index in [4.69, 9.17) is 15.2 Å². The van der Waals surface area contributed by atoms with E-state index in [1.807, 2.05) is 78.9 Å². The van der Waals surface area contributed by atoms with E-state index in [0.717, 1.165) is 54.7 Å². The maximum atomic E-state index is 13.2. The normalized spacial score (nSPS) is 20.8. The second-order valence-electron chi connectivity index (χ2n) is 15.0. The minimum atomic E-state index is -0.623. The Morgan fingerprint density at radius 2 is 1.46 bits per heavy atom. The van der Waals surface area contributed by atoms with E-state index in [1.54, 1.807) is 12.1 Å². The molecule has 1 spiro atoms. The van der Waals surface area contributed by atoms with Gasteiger partial charge in [-0.15, -0.1) is 0 Å². The van der Waals surface area contributed by atoms with E-state index in [1.165, 1.54) is 0 Å². The van der Waals surface area contributed by atoms with Crippen molar-refractivity contribution in [2.45, 2.75) is 82.0 Å². The van der Waals surface area contributed by atoms with Gasteiger partial charge in [0.05, 0.1) is 36.9 Å². The summed E-state index contributed by atoms with van der Waals surface area (Å²) in [7, 11) is 0. The van der Waals surface area contributed by atoms with E-state index < -0.39 is 11.8 Å². The third kappa shape index (κ3) is 9.39. The largest absolute Gasteiger partial charge is 0.397 e. The van der Waals surface area contributed by atoms with Crippen LogP contribution in [-0.4, -0.2) is 65.7 Å². The highest BCUT2D eigenvalue weighted by molar-refractivity contribution is 5.94. The summed E-state index contributed by atoms with van der Waals surface area (Å²) in [5.74, 6) is -0.0758. The number of carbonyl (C=O) groups excluding carboxylic acids is 3. The lowest BCUT2D eigenvalue weighted by Gasteiger charge is -2.45. The number of hydrogen-bond acceptors (Lipinski definition) is 9. The zero-order valence-corrected chi connectivity index (χ0v) is 31.7. The first-order chi connectivity index (χ1) is 27.3. The van der Waals surface area contributed by atoms with Crippen LogP contribution >= 0.6 is 0 Å². The Balaban J connectivity index is 0.926. The number of aliphatic hydroxyl groups excluding tert-OH is 1. The Labute approximate surface area is 328 Å². The number of nitrogens with one attached hydrogen (secondary N) is 3. The average Bonchev–Trinajstić information content (AvgIpc) is 3.54. The summed E-state index contributed by atoms with van der Waals surface area (Å²) in [5, 5.41) is 18.5. The minimum Gasteiger partial charge on any atom is -0.397 e. The Hall–Kier alpha value is -5.27. The van der Waals surface area contributed by atoms with Crippen LogP contribution in [0.4, 0.5) is 22.7 Å². The predicted molar refractivity (Wildman–Crippen MR) is 216 cm³/mol. The first kappa shape index (κ1) is 39.0. The molecule has 294 valence electrons. The number of amides is 3. The first-order valence-electron chi connectivity index (χ1n) is 19.7. The van der Waals surface area contributed by atoms with Gasteiger partial charge in [-0.2, -0.15) is 0 Å². The van der Waals surface area contributed by atoms with Crippen molar-refractivity contribution in [2.75, 3.05) is 47.6 Å². The number of likely N-dealkylation sites (tertiary alicyclic amines) is 1. The number of benzene rings is 4. The van der Waals surface area contributed by atoms with Crippen molar-refractivity contribution in [3.05, 3.63) is 120 Å². The summed E-state index contributed by atoms with van der Waals surface area (Å²) in [4.78, 5) is 42.9. The Kier molecular flexibility index (Phi) is 12.6. The van der Waals surface area contributed by atoms with Crippen LogP contribution in [0.3, 0.4) is 0 Å². The Bertz CT molecular complexity index is 1930. The standard InChI is InChI=1S/C44H52N6O6/c45-37-11-7-8-12-38(37)48-41(53)14-6-2-5-13-40(52)47-34-21-19-33(20-22-34)42-55-36(27-39(56-42)32-17-15-31(29-51)16-18-32)28-49-25-23-44(24-26-49)43(54)46-30-50(44)35-9-3-1-4-10-35/h1,3-4,7-12,15-22,36,39,42,51H,2,5-6,13-14,23-30,45H2,(H,46,54)(H,47,52)(H,48,53)/t36-,39+,42+/m0/s1. The molecule has 0 bridgehead atoms. The molecule has 12 heteroatoms. The maximum absolute atomic E-state index is 13.2. The van der Waals surface area contributed by atoms with Crippen LogP contribution in [0.2, 0.25) is 0 Å². The molecular weight excluding hydrogens is 709 g/mol. The lowest BCUT2D eigenvalue weighted by atomic mass is 9.85. The molecule has 3 aliphatic rings. The van der Waals surface area contributed by atoms with Gasteiger partial charge < -0.3 is 46.1 Å². The van der Waals surface area contributed by atoms with Gasteiger partial charge in [0.15, 0.2) is 6.29 Å². The van der Waals surface area contributed by atoms with Crippen molar-refractivity contribution in [1.82, 2.24) is 10.2 Å². The zero-order valence-electron chi connectivity index (χ0n) is 31.7. The molecule has 0 aliphatic carbocycles. The molecule has 4 aromatic rings. The molecule has 0 radical (unpaired) electrons. The van der Waals surface area contributed by atoms with Crippen molar-refractivity contribution >= 4 is 40.5 Å². The molecule has 3 saturated heterocycles. The van der Waals surface area contributed by atoms with Crippen molar-refractivity contribution < 1.29 is 29.0 Å². The fourth-order valence-corrected chi connectivity index (χ4v) is 7.98. The lowest BCUT2D eigenvalue weighted by Crippen LogP contribution is -2.57. The number of piperidine rings is 1. The molecule has 7 rings (SSSR count). The number of aliphatic hydroxyl groups is 1. The second-order valence-corrected chi connectivity index (χ2v) is 15.0. The highest BCUT2D eigenvalue weighted by atomic mass is 16.7. The van der Waals surface area contributed by atoms with Gasteiger partial charge >= 0.3 is 0 Å². The summed E-state index contributed by atoms with van der Waals surface area (Å²) in [6.45, 7) is 2.73. The molecule has 56 heavy (non-hydrogen) atoms. The summed E-state index contributed by atoms with van der Waals surface area (Å²) in [6, 6.07) is 32.7. The van der Waals surface area contributed by atoms with Crippen LogP contribution in [-0.2, 0) is 30.5 Å². The molecular formula is C44H52N6O6. The van der Waals surface area contributed by atoms with Crippen molar-refractivity contribution in [1.29, 1.82) is 0 Å². The van der Waals surface area contributed by atoms with Crippen molar-refractivity contribution in [2.24, 2.45) is 0 Å². The number of hydrogen-bond donors (Lipinski definition) is 5. The number of rotatable bonds is 14. The van der Waals surface area contributed by atoms with Gasteiger partial charge in [-0.1, -0.05) is 73.2 Å². The molecule has 3 aliphatic heterocycles. The number of nitrogens with zero attached hydrogens (tertiary/aromatic N) is 2. The van der Waals surface area contributed by atoms with Gasteiger partial charge in [-0.25, -0.2) is 0 Å². The van der Waals surface area contributed by atoms with Crippen LogP contribution in [0.1, 0.15) is 80.5 Å². The third-order valence-electron chi connectivity index (χ3n) is 11.2. The second kappa shape index (κ2) is 18.1. The molecule has 3 atom stereocenters. The van der Waals surface area contributed by atoms with Crippen LogP contribution in [0.25, 0.3) is 0 Å². The van der Waals surface area contributed by atoms with Gasteiger partial charge in [0, 0.05) is 55.8 Å². The monoisotopic (exact) mass is 760 g/mol. The molecule has 0 unspecified atom stereocenters. The molecule has 0 aromatic heterocycles. The van der Waals surface area contributed by atoms with Gasteiger partial charge in [-0.3, -0.25) is 14.4 Å². The fourth-order valence-electron chi connectivity index (χ4n) is 7.98. The van der Waals surface area contributed by atoms with Crippen LogP contribution < -0.4 is 26.6 Å². The summed E-state index contributed by atoms with van der Waals surface area (Å²) >= 11 is 0. The number of carbonyl (C=O) groups is 3. The number of para-hydroxylation sites is 3. The fraction of sp³-hybridized carbons (Fsp3) is 0.386. The Morgan fingerprint density at radius 1 is 0.804 bits per heavy atom. The number of nitrogen functional groups attached to an aromatic ring is 1. The van der Waals surface area contributed by atoms with Gasteiger partial charge in [-0.05, 0) is 73.2 Å². The number of anilines is 4. The number of ether oxygens (including phenoxy) is 2. The van der Waals surface area contributed by atoms with Gasteiger partial charge in [0.1, 0.15) is 5.54 Å². The molecule has 3 heterocycles. The average molecular weight is 761 g/mol. The summed E-state index contributed by atoms with van der Waals surface area (Å²) < 4.78 is 13.2. The quantitative estimate of drug-likeness (QED) is 0.0739. The van der Waals surface area contributed by atoms with E-state index in [0.29, 0.717) is 62.4 Å². The van der Waals surface area contributed by atoms with Crippen molar-refractivity contribution in [3.63, 3.8) is 0 Å². The number of unbranched alkanes of at least 4 members (excludes halogenated alkanes) is 2. The predicted octanol–water partition coefficient (Wildman–Crippen LogP) is 6.26. The van der Waals surface area contributed by atoms with Crippen LogP contribution in [0.15, 0.2) is 103 Å². The van der Waals surface area contributed by atoms with Crippen LogP contribution in [0, 0.1) is 0 Å². The van der Waals surface area contributed by atoms with E-state index in [-0.39, 0.29) is 36.5 Å². The third-order valence-corrected chi connectivity index (χ3v) is 11.2. The molecule has 6 N–H and O–H groups in total. The summed E-state index contributed by atoms with van der Waals surface area (Å²) in [6.07, 6.45) is 3.96. The topological polar surface area (TPSA) is 158 Å². The summed E-state index contributed by atoms with van der Waals surface area (Å²) in [5.41, 5.74) is 10.9. The SMILES string of the molecule is Nc1ccccc1NC(=O)CCCCCC(=O)Nc1ccc([C@@H]2O[C@H](CN3CCC4(CC3)C(=O)NCN4c3ccccc3)C[C@H](c3ccc(CO)cc3)O2)cc1. The Morgan fingerprint density at radius 3 is 2.16 bits per heavy atom. The van der Waals surface area contributed by atoms with E-state index in [2.05, 4.69) is 37.9 Å². The highest BCUT2D eigenvalue weighted by Gasteiger charge is 2.50. The minimum absolute atomic E-state index is 0.0244. The highest BCUT2D eigenvalue weighted by Crippen LogP contribution is 2.40.